The lowest BCUT2D eigenvalue weighted by atomic mass is 10.1. The normalized spacial score (nSPS) is 11.2. The first kappa shape index (κ1) is 14.1. The second-order valence-corrected chi connectivity index (χ2v) is 5.39. The second-order valence-electron chi connectivity index (χ2n) is 4.45. The highest BCUT2D eigenvalue weighted by Gasteiger charge is 2.21. The van der Waals surface area contributed by atoms with Gasteiger partial charge in [0.25, 0.3) is 0 Å². The Morgan fingerprint density at radius 3 is 2.86 bits per heavy atom. The minimum atomic E-state index is -0.0298. The summed E-state index contributed by atoms with van der Waals surface area (Å²) >= 11 is 7.42. The molecule has 2 aromatic heterocycles. The summed E-state index contributed by atoms with van der Waals surface area (Å²) in [6, 6.07) is 3.56. The van der Waals surface area contributed by atoms with Crippen molar-refractivity contribution in [3.63, 3.8) is 0 Å². The van der Waals surface area contributed by atoms with Gasteiger partial charge in [-0.25, -0.2) is 4.68 Å². The first-order valence-electron chi connectivity index (χ1n) is 6.56. The number of rotatable bonds is 4. The van der Waals surface area contributed by atoms with Crippen molar-refractivity contribution in [1.29, 1.82) is 0 Å². The Balaban J connectivity index is 2.28. The molecule has 0 radical (unpaired) electrons. The summed E-state index contributed by atoms with van der Waals surface area (Å²) in [7, 11) is 0. The van der Waals surface area contributed by atoms with E-state index in [9.17, 15) is 4.79 Å². The summed E-state index contributed by atoms with van der Waals surface area (Å²) in [6.45, 7) is 3.76. The van der Waals surface area contributed by atoms with Crippen LogP contribution in [0.25, 0.3) is 16.7 Å². The maximum absolute atomic E-state index is 12.0. The van der Waals surface area contributed by atoms with Crippen molar-refractivity contribution < 1.29 is 4.79 Å². The van der Waals surface area contributed by atoms with Gasteiger partial charge in [-0.2, -0.15) is 8.75 Å². The molecule has 0 spiro atoms. The number of nitrogens with zero attached hydrogens (tertiary/aromatic N) is 5. The van der Waals surface area contributed by atoms with Crippen molar-refractivity contribution in [1.82, 2.24) is 23.7 Å². The summed E-state index contributed by atoms with van der Waals surface area (Å²) in [6.07, 6.45) is 1.01. The molecule has 0 bridgehead atoms. The Morgan fingerprint density at radius 1 is 1.33 bits per heavy atom. The fourth-order valence-electron chi connectivity index (χ4n) is 2.20. The van der Waals surface area contributed by atoms with Gasteiger partial charge in [-0.3, -0.25) is 4.79 Å². The first-order chi connectivity index (χ1) is 10.2. The molecule has 0 N–H and O–H groups in total. The van der Waals surface area contributed by atoms with Gasteiger partial charge in [-0.15, -0.1) is 5.10 Å². The smallest absolute Gasteiger partial charge is 0.184 e. The fourth-order valence-corrected chi connectivity index (χ4v) is 2.97. The molecular weight excluding hydrogens is 310 g/mol. The molecule has 3 rings (SSSR count). The highest BCUT2D eigenvalue weighted by Crippen LogP contribution is 2.29. The van der Waals surface area contributed by atoms with Crippen LogP contribution in [0.15, 0.2) is 12.1 Å². The van der Waals surface area contributed by atoms with Crippen molar-refractivity contribution >= 4 is 40.1 Å². The number of benzene rings is 1. The Kier molecular flexibility index (Phi) is 3.69. The molecule has 0 saturated heterocycles. The lowest BCUT2D eigenvalue weighted by Gasteiger charge is -2.08. The van der Waals surface area contributed by atoms with Gasteiger partial charge in [0.05, 0.1) is 22.4 Å². The summed E-state index contributed by atoms with van der Waals surface area (Å²) < 4.78 is 10.1. The van der Waals surface area contributed by atoms with Crippen LogP contribution in [-0.4, -0.2) is 29.5 Å². The third kappa shape index (κ3) is 2.22. The number of hydrogen-bond acceptors (Lipinski definition) is 6. The van der Waals surface area contributed by atoms with Crippen LogP contribution in [-0.2, 0) is 6.42 Å². The van der Waals surface area contributed by atoms with Crippen molar-refractivity contribution in [3.8, 4) is 5.69 Å². The van der Waals surface area contributed by atoms with Gasteiger partial charge in [-0.05, 0) is 18.6 Å². The molecule has 0 aliphatic heterocycles. The van der Waals surface area contributed by atoms with Crippen LogP contribution in [0.5, 0.6) is 0 Å². The Morgan fingerprint density at radius 2 is 2.14 bits per heavy atom. The molecule has 0 amide bonds. The maximum Gasteiger partial charge on any atom is 0.184 e. The summed E-state index contributed by atoms with van der Waals surface area (Å²) in [5, 5.41) is 8.65. The summed E-state index contributed by atoms with van der Waals surface area (Å²) in [5.74, 6) is -0.0298. The van der Waals surface area contributed by atoms with Crippen LogP contribution in [0.4, 0.5) is 0 Å². The lowest BCUT2D eigenvalue weighted by molar-refractivity contribution is 0.0982. The van der Waals surface area contributed by atoms with Crippen molar-refractivity contribution in [2.45, 2.75) is 26.7 Å². The van der Waals surface area contributed by atoms with Crippen LogP contribution in [0, 0.1) is 0 Å². The van der Waals surface area contributed by atoms with E-state index in [1.807, 2.05) is 13.0 Å². The number of aromatic nitrogens is 5. The largest absolute Gasteiger partial charge is 0.292 e. The number of carbonyl (C=O) groups is 1. The molecule has 0 aliphatic carbocycles. The molecule has 8 heteroatoms. The van der Waals surface area contributed by atoms with E-state index < -0.39 is 0 Å². The van der Waals surface area contributed by atoms with Gasteiger partial charge < -0.3 is 0 Å². The number of carbonyl (C=O) groups excluding carboxylic acids is 1. The van der Waals surface area contributed by atoms with E-state index in [4.69, 9.17) is 11.6 Å². The Bertz CT molecular complexity index is 825. The lowest BCUT2D eigenvalue weighted by Crippen LogP contribution is -2.07. The predicted molar refractivity (Wildman–Crippen MR) is 81.3 cm³/mol. The number of halogens is 1. The quantitative estimate of drug-likeness (QED) is 0.690. The van der Waals surface area contributed by atoms with Crippen LogP contribution >= 0.6 is 23.3 Å². The van der Waals surface area contributed by atoms with Crippen molar-refractivity contribution in [2.24, 2.45) is 0 Å². The molecule has 0 aliphatic rings. The van der Waals surface area contributed by atoms with E-state index >= 15 is 0 Å². The van der Waals surface area contributed by atoms with E-state index in [1.165, 1.54) is 0 Å². The number of Topliss-reactive ketones (excluding diaryl/α,β-unsaturated/α-hetero) is 1. The second kappa shape index (κ2) is 5.50. The molecular formula is C13H12ClN5OS. The van der Waals surface area contributed by atoms with E-state index in [0.29, 0.717) is 34.8 Å². The average molecular weight is 322 g/mol. The average Bonchev–Trinajstić information content (AvgIpc) is 3.12. The van der Waals surface area contributed by atoms with Gasteiger partial charge in [0, 0.05) is 6.42 Å². The SMILES string of the molecule is CCC(=O)c1nnn(-c2c(Cl)ccc3nsnc23)c1CC. The van der Waals surface area contributed by atoms with Crippen molar-refractivity contribution in [2.75, 3.05) is 0 Å². The molecule has 108 valence electrons. The minimum absolute atomic E-state index is 0.0298. The topological polar surface area (TPSA) is 73.6 Å². The van der Waals surface area contributed by atoms with Crippen LogP contribution in [0.2, 0.25) is 5.02 Å². The molecule has 1 aromatic carbocycles. The number of hydrogen-bond donors (Lipinski definition) is 0. The monoisotopic (exact) mass is 321 g/mol. The van der Waals surface area contributed by atoms with E-state index in [2.05, 4.69) is 19.1 Å². The van der Waals surface area contributed by atoms with E-state index in [1.54, 1.807) is 17.7 Å². The minimum Gasteiger partial charge on any atom is -0.292 e. The Hall–Kier alpha value is -1.86. The molecule has 3 aromatic rings. The highest BCUT2D eigenvalue weighted by molar-refractivity contribution is 7.00. The van der Waals surface area contributed by atoms with E-state index in [-0.39, 0.29) is 5.78 Å². The molecule has 0 fully saturated rings. The van der Waals surface area contributed by atoms with Gasteiger partial charge in [0.15, 0.2) is 11.5 Å². The molecule has 0 saturated carbocycles. The van der Waals surface area contributed by atoms with Crippen LogP contribution in [0.3, 0.4) is 0 Å². The predicted octanol–water partition coefficient (Wildman–Crippen LogP) is 3.08. The number of ketones is 1. The van der Waals surface area contributed by atoms with Crippen LogP contribution in [0.1, 0.15) is 36.5 Å². The summed E-state index contributed by atoms with van der Waals surface area (Å²) in [5.41, 5.74) is 3.19. The zero-order valence-corrected chi connectivity index (χ0v) is 13.1. The molecule has 0 unspecified atom stereocenters. The summed E-state index contributed by atoms with van der Waals surface area (Å²) in [4.78, 5) is 12.0. The third-order valence-electron chi connectivity index (χ3n) is 3.25. The van der Waals surface area contributed by atoms with Crippen LogP contribution < -0.4 is 0 Å². The Labute approximate surface area is 130 Å². The van der Waals surface area contributed by atoms with Gasteiger partial charge in [-0.1, -0.05) is 30.7 Å². The van der Waals surface area contributed by atoms with Gasteiger partial charge in [0.2, 0.25) is 0 Å². The number of fused-ring (bicyclic) bond motifs is 1. The molecule has 0 atom stereocenters. The zero-order valence-electron chi connectivity index (χ0n) is 11.5. The molecule has 21 heavy (non-hydrogen) atoms. The maximum atomic E-state index is 12.0. The third-order valence-corrected chi connectivity index (χ3v) is 4.09. The van der Waals surface area contributed by atoms with E-state index in [0.717, 1.165) is 22.9 Å². The van der Waals surface area contributed by atoms with Crippen molar-refractivity contribution in [3.05, 3.63) is 28.5 Å². The fraction of sp³-hybridized carbons (Fsp3) is 0.308. The van der Waals surface area contributed by atoms with Gasteiger partial charge in [0.1, 0.15) is 16.7 Å². The highest BCUT2D eigenvalue weighted by atomic mass is 35.5. The molecule has 6 nitrogen and oxygen atoms in total. The van der Waals surface area contributed by atoms with Gasteiger partial charge >= 0.3 is 0 Å². The zero-order chi connectivity index (χ0) is 15.0. The standard InChI is InChI=1S/C13H12ClN5OS/c1-3-9-12(10(20)4-2)15-18-19(9)13-7(14)5-6-8-11(13)17-21-16-8/h5-6H,3-4H2,1-2H3. The first-order valence-corrected chi connectivity index (χ1v) is 7.67. The molecule has 2 heterocycles.